The van der Waals surface area contributed by atoms with Crippen LogP contribution in [0, 0.1) is 11.6 Å². The fourth-order valence-electron chi connectivity index (χ4n) is 5.23. The molecule has 0 fully saturated rings. The highest BCUT2D eigenvalue weighted by Gasteiger charge is 2.25. The van der Waals surface area contributed by atoms with E-state index in [1.54, 1.807) is 13.3 Å². The maximum Gasteiger partial charge on any atom is 0.332 e. The van der Waals surface area contributed by atoms with Gasteiger partial charge in [-0.25, -0.2) is 13.6 Å². The first-order valence-electron chi connectivity index (χ1n) is 14.2. The van der Waals surface area contributed by atoms with Gasteiger partial charge < -0.3 is 14.7 Å². The number of likely N-dealkylation sites (N-methyl/N-ethyl adjacent to an activating group) is 1. The van der Waals surface area contributed by atoms with Gasteiger partial charge in [0.05, 0.1) is 31.2 Å². The number of nitrogens with zero attached hydrogens (tertiary/aromatic N) is 4. The van der Waals surface area contributed by atoms with Crippen LogP contribution in [0.2, 0.25) is 0 Å². The van der Waals surface area contributed by atoms with Crippen molar-refractivity contribution in [3.05, 3.63) is 122 Å². The van der Waals surface area contributed by atoms with E-state index < -0.39 is 35.5 Å². The summed E-state index contributed by atoms with van der Waals surface area (Å²) in [5.74, 6) is -1.59. The maximum absolute atomic E-state index is 14.8. The van der Waals surface area contributed by atoms with E-state index >= 15 is 0 Å². The van der Waals surface area contributed by atoms with Crippen molar-refractivity contribution in [1.29, 1.82) is 0 Å². The Hall–Kier alpha value is -4.03. The second-order valence-corrected chi connectivity index (χ2v) is 11.9. The minimum atomic E-state index is -1.01. The molecule has 11 heteroatoms. The predicted octanol–water partition coefficient (Wildman–Crippen LogP) is 4.81. The van der Waals surface area contributed by atoms with Crippen molar-refractivity contribution in [2.75, 3.05) is 20.7 Å². The number of pyridine rings is 1. The van der Waals surface area contributed by atoms with E-state index in [9.17, 15) is 23.5 Å². The molecule has 1 N–H and O–H groups in total. The van der Waals surface area contributed by atoms with Crippen molar-refractivity contribution < 1.29 is 18.6 Å². The number of fused-ring (bicyclic) bond motifs is 1. The van der Waals surface area contributed by atoms with Gasteiger partial charge in [-0.1, -0.05) is 36.4 Å². The number of methoxy groups -OCH3 is 1. The van der Waals surface area contributed by atoms with E-state index in [1.807, 2.05) is 49.5 Å². The van der Waals surface area contributed by atoms with Crippen molar-refractivity contribution in [2.24, 2.45) is 0 Å². The third-order valence-electron chi connectivity index (χ3n) is 7.41. The number of ether oxygens (including phenoxy) is 1. The quantitative estimate of drug-likeness (QED) is 0.215. The Morgan fingerprint density at radius 2 is 1.73 bits per heavy atom. The highest BCUT2D eigenvalue weighted by atomic mass is 32.1. The molecule has 0 saturated carbocycles. The average Bonchev–Trinajstić information content (AvgIpc) is 3.37. The third-order valence-corrected chi connectivity index (χ3v) is 8.71. The van der Waals surface area contributed by atoms with Gasteiger partial charge in [0.1, 0.15) is 16.5 Å². The van der Waals surface area contributed by atoms with Gasteiger partial charge in [0.15, 0.2) is 0 Å². The highest BCUT2D eigenvalue weighted by Crippen LogP contribution is 2.38. The van der Waals surface area contributed by atoms with E-state index in [0.29, 0.717) is 36.5 Å². The lowest BCUT2D eigenvalue weighted by atomic mass is 10.0. The molecule has 44 heavy (non-hydrogen) atoms. The third kappa shape index (κ3) is 6.71. The van der Waals surface area contributed by atoms with Gasteiger partial charge >= 0.3 is 5.69 Å². The Morgan fingerprint density at radius 3 is 2.36 bits per heavy atom. The summed E-state index contributed by atoms with van der Waals surface area (Å²) >= 11 is 1.24. The summed E-state index contributed by atoms with van der Waals surface area (Å²) in [6, 6.07) is 17.0. The summed E-state index contributed by atoms with van der Waals surface area (Å²) < 4.78 is 37.1. The van der Waals surface area contributed by atoms with Crippen molar-refractivity contribution in [1.82, 2.24) is 19.0 Å². The Morgan fingerprint density at radius 1 is 1.00 bits per heavy atom. The van der Waals surface area contributed by atoms with Crippen molar-refractivity contribution in [3.8, 4) is 10.4 Å². The smallest absolute Gasteiger partial charge is 0.332 e. The summed E-state index contributed by atoms with van der Waals surface area (Å²) in [5, 5.41) is 10.5. The molecule has 0 spiro atoms. The second-order valence-electron chi connectivity index (χ2n) is 10.9. The number of hydrogen-bond donors (Lipinski definition) is 1. The molecule has 8 nitrogen and oxygen atoms in total. The Kier molecular flexibility index (Phi) is 9.80. The molecule has 3 heterocycles. The van der Waals surface area contributed by atoms with Crippen LogP contribution >= 0.6 is 11.3 Å². The molecule has 0 radical (unpaired) electrons. The van der Waals surface area contributed by atoms with E-state index in [0.717, 1.165) is 38.4 Å². The molecule has 0 amide bonds. The molecule has 230 valence electrons. The molecule has 5 rings (SSSR count). The van der Waals surface area contributed by atoms with Gasteiger partial charge in [0.2, 0.25) is 0 Å². The van der Waals surface area contributed by atoms with Crippen molar-refractivity contribution in [3.63, 3.8) is 0 Å². The SMILES string of the molecule is COCc1ccc(-c2sc3c(c2CN(C)CCc2ccccn2)c(=O)n(CC(C)O)c(=O)n3Cc2c(F)cccc2F)cc1. The summed E-state index contributed by atoms with van der Waals surface area (Å²) in [6.45, 7) is 2.23. The largest absolute Gasteiger partial charge is 0.392 e. The van der Waals surface area contributed by atoms with Crippen LogP contribution in [0.25, 0.3) is 20.7 Å². The van der Waals surface area contributed by atoms with Crippen molar-refractivity contribution >= 4 is 21.6 Å². The molecule has 0 saturated heterocycles. The highest BCUT2D eigenvalue weighted by molar-refractivity contribution is 7.22. The molecular weight excluding hydrogens is 586 g/mol. The van der Waals surface area contributed by atoms with Crippen molar-refractivity contribution in [2.45, 2.75) is 45.7 Å². The molecule has 0 aliphatic rings. The molecule has 2 aromatic carbocycles. The van der Waals surface area contributed by atoms with E-state index in [4.69, 9.17) is 4.74 Å². The standard InChI is InChI=1S/C33H34F2N4O4S/c1-21(40)17-38-31(41)29-26(18-37(2)16-14-24-7-4-5-15-36-24)30(23-12-10-22(11-13-23)20-43-3)44-32(29)39(33(38)42)19-25-27(34)8-6-9-28(25)35/h4-13,15,21,40H,14,16-20H2,1-3H3. The first-order chi connectivity index (χ1) is 21.2. The molecule has 3 aromatic heterocycles. The lowest BCUT2D eigenvalue weighted by Crippen LogP contribution is -2.42. The van der Waals surface area contributed by atoms with Gasteiger partial charge in [-0.3, -0.25) is 18.9 Å². The summed E-state index contributed by atoms with van der Waals surface area (Å²) in [7, 11) is 3.56. The van der Waals surface area contributed by atoms with Crippen LogP contribution in [0.1, 0.15) is 29.3 Å². The molecule has 0 aliphatic carbocycles. The number of hydrogen-bond acceptors (Lipinski definition) is 7. The van der Waals surface area contributed by atoms with Gasteiger partial charge in [-0.15, -0.1) is 11.3 Å². The fraction of sp³-hybridized carbons (Fsp3) is 0.303. The Balaban J connectivity index is 1.71. The number of halogens is 2. The van der Waals surface area contributed by atoms with E-state index in [-0.39, 0.29) is 17.5 Å². The van der Waals surface area contributed by atoms with Gasteiger partial charge in [-0.05, 0) is 54.9 Å². The molecule has 5 aromatic rings. The number of aromatic nitrogens is 3. The van der Waals surface area contributed by atoms with Crippen LogP contribution in [0.4, 0.5) is 8.78 Å². The van der Waals surface area contributed by atoms with Crippen LogP contribution < -0.4 is 11.2 Å². The fourth-order valence-corrected chi connectivity index (χ4v) is 6.53. The first kappa shape index (κ1) is 31.4. The Labute approximate surface area is 257 Å². The van der Waals surface area contributed by atoms with E-state index in [1.165, 1.54) is 28.9 Å². The van der Waals surface area contributed by atoms with Crippen LogP contribution in [0.5, 0.6) is 0 Å². The van der Waals surface area contributed by atoms with Gasteiger partial charge in [-0.2, -0.15) is 0 Å². The second kappa shape index (κ2) is 13.7. The monoisotopic (exact) mass is 620 g/mol. The Bertz CT molecular complexity index is 1850. The first-order valence-corrected chi connectivity index (χ1v) is 15.1. The maximum atomic E-state index is 14.8. The number of benzene rings is 2. The molecule has 0 aliphatic heterocycles. The molecule has 1 atom stereocenters. The topological polar surface area (TPSA) is 89.6 Å². The predicted molar refractivity (Wildman–Crippen MR) is 168 cm³/mol. The van der Waals surface area contributed by atoms with Crippen LogP contribution in [0.3, 0.4) is 0 Å². The summed E-state index contributed by atoms with van der Waals surface area (Å²) in [5.41, 5.74) is 1.84. The zero-order chi connectivity index (χ0) is 31.4. The summed E-state index contributed by atoms with van der Waals surface area (Å²) in [6.07, 6.45) is 1.42. The molecular formula is C33H34F2N4O4S. The lowest BCUT2D eigenvalue weighted by molar-refractivity contribution is 0.169. The van der Waals surface area contributed by atoms with Crippen LogP contribution in [-0.2, 0) is 37.4 Å². The lowest BCUT2D eigenvalue weighted by Gasteiger charge is -2.18. The van der Waals surface area contributed by atoms with Gasteiger partial charge in [0, 0.05) is 49.0 Å². The normalized spacial score (nSPS) is 12.3. The number of aliphatic hydroxyl groups is 1. The zero-order valence-electron chi connectivity index (χ0n) is 24.8. The zero-order valence-corrected chi connectivity index (χ0v) is 25.6. The minimum absolute atomic E-state index is 0.265. The number of aliphatic hydroxyl groups excluding tert-OH is 1. The van der Waals surface area contributed by atoms with Gasteiger partial charge in [0.25, 0.3) is 5.56 Å². The molecule has 1 unspecified atom stereocenters. The van der Waals surface area contributed by atoms with Crippen LogP contribution in [-0.4, -0.2) is 50.9 Å². The summed E-state index contributed by atoms with van der Waals surface area (Å²) in [4.78, 5) is 35.4. The minimum Gasteiger partial charge on any atom is -0.392 e. The van der Waals surface area contributed by atoms with Crippen LogP contribution in [0.15, 0.2) is 76.4 Å². The van der Waals surface area contributed by atoms with E-state index in [2.05, 4.69) is 9.88 Å². The average molecular weight is 621 g/mol. The number of thiophene rings is 1. The number of rotatable bonds is 12. The molecule has 0 bridgehead atoms.